The lowest BCUT2D eigenvalue weighted by atomic mass is 9.95. The lowest BCUT2D eigenvalue weighted by molar-refractivity contribution is 0.355. The molecule has 1 saturated carbocycles. The highest BCUT2D eigenvalue weighted by molar-refractivity contribution is 7.13. The first-order valence-electron chi connectivity index (χ1n) is 5.95. The molecule has 3 rings (SSSR count). The molecule has 0 atom stereocenters. The van der Waals surface area contributed by atoms with E-state index in [9.17, 15) is 0 Å². The number of nitrogen functional groups attached to an aromatic ring is 1. The number of nitrogens with two attached hydrogens (primary N) is 1. The van der Waals surface area contributed by atoms with Gasteiger partial charge in [-0.25, -0.2) is 4.98 Å². The third kappa shape index (κ3) is 2.04. The third-order valence-corrected chi connectivity index (χ3v) is 3.97. The van der Waals surface area contributed by atoms with E-state index >= 15 is 0 Å². The van der Waals surface area contributed by atoms with Crippen LogP contribution in [0, 0.1) is 0 Å². The largest absolute Gasteiger partial charge is 0.375 e. The van der Waals surface area contributed by atoms with E-state index in [4.69, 9.17) is 5.73 Å². The highest BCUT2D eigenvalue weighted by Gasteiger charge is 2.20. The number of hydrogen-bond acceptors (Lipinski definition) is 5. The van der Waals surface area contributed by atoms with Crippen LogP contribution in [0.5, 0.6) is 0 Å². The lowest BCUT2D eigenvalue weighted by Crippen LogP contribution is -2.13. The molecule has 1 aliphatic carbocycles. The summed E-state index contributed by atoms with van der Waals surface area (Å²) in [6, 6.07) is 0.525. The van der Waals surface area contributed by atoms with Crippen molar-refractivity contribution in [2.75, 3.05) is 5.73 Å². The van der Waals surface area contributed by atoms with E-state index < -0.39 is 0 Å². The fraction of sp³-hybridized carbons (Fsp3) is 0.545. The van der Waals surface area contributed by atoms with Gasteiger partial charge in [0, 0.05) is 11.4 Å². The Morgan fingerprint density at radius 1 is 1.29 bits per heavy atom. The van der Waals surface area contributed by atoms with Gasteiger partial charge in [-0.15, -0.1) is 21.5 Å². The Labute approximate surface area is 104 Å². The SMILES string of the molecule is Nc1nc(-c2nncn2C2CCCCC2)cs1. The molecule has 2 N–H and O–H groups in total. The molecule has 0 amide bonds. The standard InChI is InChI=1S/C11H15N5S/c12-11-14-9(6-17-11)10-15-13-7-16(10)8-4-2-1-3-5-8/h6-8H,1-5H2,(H2,12,14). The monoisotopic (exact) mass is 249 g/mol. The van der Waals surface area contributed by atoms with Gasteiger partial charge < -0.3 is 10.3 Å². The molecule has 0 aromatic carbocycles. The number of rotatable bonds is 2. The van der Waals surface area contributed by atoms with Crippen LogP contribution in [0.2, 0.25) is 0 Å². The fourth-order valence-corrected chi connectivity index (χ4v) is 2.98. The van der Waals surface area contributed by atoms with Crippen LogP contribution in [0.15, 0.2) is 11.7 Å². The average molecular weight is 249 g/mol. The second kappa shape index (κ2) is 4.44. The molecule has 0 spiro atoms. The third-order valence-electron chi connectivity index (χ3n) is 3.29. The minimum Gasteiger partial charge on any atom is -0.375 e. The predicted molar refractivity (Wildman–Crippen MR) is 67.7 cm³/mol. The van der Waals surface area contributed by atoms with Crippen LogP contribution in [-0.2, 0) is 0 Å². The van der Waals surface area contributed by atoms with Gasteiger partial charge in [-0.1, -0.05) is 19.3 Å². The molecule has 6 heteroatoms. The Balaban J connectivity index is 1.93. The maximum atomic E-state index is 5.66. The van der Waals surface area contributed by atoms with E-state index in [-0.39, 0.29) is 0 Å². The molecule has 1 fully saturated rings. The summed E-state index contributed by atoms with van der Waals surface area (Å²) >= 11 is 1.44. The summed E-state index contributed by atoms with van der Waals surface area (Å²) in [6.45, 7) is 0. The Kier molecular flexibility index (Phi) is 2.80. The molecule has 2 aromatic heterocycles. The summed E-state index contributed by atoms with van der Waals surface area (Å²) in [5, 5.41) is 10.7. The van der Waals surface area contributed by atoms with E-state index in [0.29, 0.717) is 11.2 Å². The number of anilines is 1. The normalized spacial score (nSPS) is 17.4. The molecule has 17 heavy (non-hydrogen) atoms. The number of thiazole rings is 1. The molecule has 1 aliphatic rings. The molecular formula is C11H15N5S. The van der Waals surface area contributed by atoms with Crippen LogP contribution < -0.4 is 5.73 Å². The molecule has 0 radical (unpaired) electrons. The van der Waals surface area contributed by atoms with Crippen LogP contribution in [0.3, 0.4) is 0 Å². The summed E-state index contributed by atoms with van der Waals surface area (Å²) in [5.74, 6) is 0.852. The van der Waals surface area contributed by atoms with Crippen molar-refractivity contribution in [1.82, 2.24) is 19.7 Å². The summed E-state index contributed by atoms with van der Waals surface area (Å²) in [6.07, 6.45) is 8.18. The Morgan fingerprint density at radius 2 is 2.12 bits per heavy atom. The Hall–Kier alpha value is -1.43. The van der Waals surface area contributed by atoms with Crippen LogP contribution in [0.25, 0.3) is 11.5 Å². The zero-order valence-electron chi connectivity index (χ0n) is 9.54. The molecule has 0 bridgehead atoms. The van der Waals surface area contributed by atoms with Crippen LogP contribution in [0.1, 0.15) is 38.1 Å². The predicted octanol–water partition coefficient (Wildman–Crippen LogP) is 2.49. The summed E-state index contributed by atoms with van der Waals surface area (Å²) < 4.78 is 2.16. The van der Waals surface area contributed by atoms with Gasteiger partial charge in [0.25, 0.3) is 0 Å². The average Bonchev–Trinajstić information content (AvgIpc) is 2.98. The van der Waals surface area contributed by atoms with Gasteiger partial charge in [0.15, 0.2) is 11.0 Å². The van der Waals surface area contributed by atoms with Crippen molar-refractivity contribution in [3.8, 4) is 11.5 Å². The molecule has 0 aliphatic heterocycles. The number of nitrogens with zero attached hydrogens (tertiary/aromatic N) is 4. The van der Waals surface area contributed by atoms with E-state index in [1.54, 1.807) is 0 Å². The van der Waals surface area contributed by atoms with Crippen molar-refractivity contribution in [2.45, 2.75) is 38.1 Å². The van der Waals surface area contributed by atoms with Gasteiger partial charge in [-0.2, -0.15) is 0 Å². The quantitative estimate of drug-likeness (QED) is 0.887. The maximum Gasteiger partial charge on any atom is 0.183 e. The van der Waals surface area contributed by atoms with Crippen molar-refractivity contribution >= 4 is 16.5 Å². The maximum absolute atomic E-state index is 5.66. The molecule has 2 aromatic rings. The van der Waals surface area contributed by atoms with Gasteiger partial charge in [0.1, 0.15) is 12.0 Å². The van der Waals surface area contributed by atoms with Gasteiger partial charge in [-0.3, -0.25) is 0 Å². The minimum absolute atomic E-state index is 0.525. The van der Waals surface area contributed by atoms with Crippen molar-refractivity contribution in [3.63, 3.8) is 0 Å². The van der Waals surface area contributed by atoms with E-state index in [1.165, 1.54) is 43.4 Å². The van der Waals surface area contributed by atoms with Gasteiger partial charge >= 0.3 is 0 Å². The molecular weight excluding hydrogens is 234 g/mol. The second-order valence-electron chi connectivity index (χ2n) is 4.42. The zero-order chi connectivity index (χ0) is 11.7. The van der Waals surface area contributed by atoms with Crippen molar-refractivity contribution < 1.29 is 0 Å². The molecule has 5 nitrogen and oxygen atoms in total. The minimum atomic E-state index is 0.525. The molecule has 0 unspecified atom stereocenters. The van der Waals surface area contributed by atoms with Gasteiger partial charge in [0.2, 0.25) is 0 Å². The molecule has 2 heterocycles. The zero-order valence-corrected chi connectivity index (χ0v) is 10.4. The Morgan fingerprint density at radius 3 is 2.82 bits per heavy atom. The summed E-state index contributed by atoms with van der Waals surface area (Å²) in [4.78, 5) is 4.28. The molecule has 90 valence electrons. The van der Waals surface area contributed by atoms with Gasteiger partial charge in [-0.05, 0) is 12.8 Å². The number of hydrogen-bond donors (Lipinski definition) is 1. The van der Waals surface area contributed by atoms with Crippen molar-refractivity contribution in [1.29, 1.82) is 0 Å². The first-order chi connectivity index (χ1) is 8.34. The first kappa shape index (κ1) is 10.7. The summed E-state index contributed by atoms with van der Waals surface area (Å²) in [7, 11) is 0. The first-order valence-corrected chi connectivity index (χ1v) is 6.83. The summed E-state index contributed by atoms with van der Waals surface area (Å²) in [5.41, 5.74) is 6.51. The van der Waals surface area contributed by atoms with Crippen LogP contribution >= 0.6 is 11.3 Å². The highest BCUT2D eigenvalue weighted by atomic mass is 32.1. The fourth-order valence-electron chi connectivity index (χ4n) is 2.44. The van der Waals surface area contributed by atoms with Crippen LogP contribution in [-0.4, -0.2) is 19.7 Å². The second-order valence-corrected chi connectivity index (χ2v) is 5.31. The highest BCUT2D eigenvalue weighted by Crippen LogP contribution is 2.31. The molecule has 0 saturated heterocycles. The Bertz CT molecular complexity index is 497. The van der Waals surface area contributed by atoms with E-state index in [0.717, 1.165) is 11.5 Å². The lowest BCUT2D eigenvalue weighted by Gasteiger charge is -2.23. The van der Waals surface area contributed by atoms with Crippen LogP contribution in [0.4, 0.5) is 5.13 Å². The van der Waals surface area contributed by atoms with E-state index in [2.05, 4.69) is 19.7 Å². The van der Waals surface area contributed by atoms with Crippen molar-refractivity contribution in [3.05, 3.63) is 11.7 Å². The number of aromatic nitrogens is 4. The topological polar surface area (TPSA) is 69.6 Å². The van der Waals surface area contributed by atoms with Gasteiger partial charge in [0.05, 0.1) is 0 Å². The smallest absolute Gasteiger partial charge is 0.183 e. The van der Waals surface area contributed by atoms with E-state index in [1.807, 2.05) is 11.7 Å². The van der Waals surface area contributed by atoms with Crippen molar-refractivity contribution in [2.24, 2.45) is 0 Å².